The first-order chi connectivity index (χ1) is 13.0. The Morgan fingerprint density at radius 2 is 2.07 bits per heavy atom. The Hall–Kier alpha value is -2.15. The lowest BCUT2D eigenvalue weighted by Crippen LogP contribution is -2.15. The highest BCUT2D eigenvalue weighted by molar-refractivity contribution is 7.98. The summed E-state index contributed by atoms with van der Waals surface area (Å²) in [7, 11) is 0. The molecule has 0 fully saturated rings. The van der Waals surface area contributed by atoms with Crippen LogP contribution in [0.3, 0.4) is 0 Å². The highest BCUT2D eigenvalue weighted by Crippen LogP contribution is 2.26. The fourth-order valence-corrected chi connectivity index (χ4v) is 3.02. The van der Waals surface area contributed by atoms with Crippen molar-refractivity contribution >= 4 is 34.3 Å². The van der Waals surface area contributed by atoms with Crippen molar-refractivity contribution in [2.45, 2.75) is 24.9 Å². The molecule has 2 aromatic heterocycles. The van der Waals surface area contributed by atoms with E-state index < -0.39 is 0 Å². The molecular weight excluding hydrogens is 380 g/mol. The minimum atomic E-state index is 0.221. The molecule has 0 saturated carbocycles. The van der Waals surface area contributed by atoms with Gasteiger partial charge in [-0.25, -0.2) is 4.98 Å². The van der Waals surface area contributed by atoms with Crippen LogP contribution in [0.1, 0.15) is 17.0 Å². The second-order valence-corrected chi connectivity index (χ2v) is 7.48. The highest BCUT2D eigenvalue weighted by atomic mass is 35.5. The Morgan fingerprint density at radius 1 is 1.22 bits per heavy atom. The van der Waals surface area contributed by atoms with Gasteiger partial charge in [-0.3, -0.25) is 9.97 Å². The molecule has 0 bridgehead atoms. The number of nitrogens with zero attached hydrogens (tertiary/aromatic N) is 3. The maximum absolute atomic E-state index is 5.86. The summed E-state index contributed by atoms with van der Waals surface area (Å²) >= 11 is 7.54. The van der Waals surface area contributed by atoms with Crippen LogP contribution in [0.4, 0.5) is 0 Å². The zero-order valence-corrected chi connectivity index (χ0v) is 16.9. The molecule has 3 aromatic rings. The molecule has 2 heterocycles. The van der Waals surface area contributed by atoms with E-state index in [0.717, 1.165) is 32.7 Å². The van der Waals surface area contributed by atoms with E-state index in [0.29, 0.717) is 24.0 Å². The first-order valence-electron chi connectivity index (χ1n) is 8.47. The molecule has 0 saturated heterocycles. The lowest BCUT2D eigenvalue weighted by atomic mass is 10.1. The number of nitrogens with one attached hydrogen (secondary N) is 1. The Labute approximate surface area is 168 Å². The first-order valence-corrected chi connectivity index (χ1v) is 10.1. The molecule has 0 unspecified atom stereocenters. The lowest BCUT2D eigenvalue weighted by Gasteiger charge is -2.13. The maximum atomic E-state index is 5.86. The molecule has 0 radical (unpaired) electrons. The molecule has 0 spiro atoms. The summed E-state index contributed by atoms with van der Waals surface area (Å²) in [6, 6.07) is 8.32. The Balaban J connectivity index is 1.80. The highest BCUT2D eigenvalue weighted by Gasteiger charge is 2.10. The van der Waals surface area contributed by atoms with Crippen molar-refractivity contribution < 1.29 is 4.74 Å². The van der Waals surface area contributed by atoms with Crippen LogP contribution in [0, 0.1) is 6.92 Å². The molecule has 0 aliphatic rings. The van der Waals surface area contributed by atoms with Crippen LogP contribution in [0.2, 0.25) is 0 Å². The molecular formula is C20H21ClN4OS. The van der Waals surface area contributed by atoms with Gasteiger partial charge in [-0.15, -0.1) is 11.8 Å². The SMILES string of the molecule is C=C(Cl)COc1nc2cc(SC)ccc2cc1CNCc1cnc(C)cn1. The third-order valence-electron chi connectivity index (χ3n) is 3.89. The maximum Gasteiger partial charge on any atom is 0.218 e. The van der Waals surface area contributed by atoms with E-state index in [-0.39, 0.29) is 6.61 Å². The number of fused-ring (bicyclic) bond motifs is 1. The van der Waals surface area contributed by atoms with E-state index in [1.807, 2.05) is 13.2 Å². The van der Waals surface area contributed by atoms with Crippen molar-refractivity contribution in [3.8, 4) is 5.88 Å². The summed E-state index contributed by atoms with van der Waals surface area (Å²) in [4.78, 5) is 14.5. The van der Waals surface area contributed by atoms with Crippen LogP contribution in [-0.2, 0) is 13.1 Å². The van der Waals surface area contributed by atoms with Crippen molar-refractivity contribution in [3.05, 3.63) is 65.2 Å². The molecule has 0 amide bonds. The minimum Gasteiger partial charge on any atom is -0.472 e. The topological polar surface area (TPSA) is 59.9 Å². The van der Waals surface area contributed by atoms with Gasteiger partial charge >= 0.3 is 0 Å². The molecule has 1 aromatic carbocycles. The van der Waals surface area contributed by atoms with E-state index in [2.05, 4.69) is 51.1 Å². The number of ether oxygens (including phenoxy) is 1. The standard InChI is InChI=1S/C20H21ClN4OS/c1-13(21)12-26-20-16(9-22-10-17-11-23-14(2)8-24-17)6-15-4-5-18(27-3)7-19(15)25-20/h4-8,11,22H,1,9-10,12H2,2-3H3. The predicted molar refractivity (Wildman–Crippen MR) is 111 cm³/mol. The van der Waals surface area contributed by atoms with Crippen LogP contribution in [0.5, 0.6) is 5.88 Å². The Kier molecular flexibility index (Phi) is 6.66. The van der Waals surface area contributed by atoms with Gasteiger partial charge in [0.05, 0.1) is 16.9 Å². The van der Waals surface area contributed by atoms with Gasteiger partial charge in [-0.2, -0.15) is 0 Å². The number of aromatic nitrogens is 3. The van der Waals surface area contributed by atoms with Gasteiger partial charge in [0.1, 0.15) is 6.61 Å². The fourth-order valence-electron chi connectivity index (χ4n) is 2.53. The summed E-state index contributed by atoms with van der Waals surface area (Å²) in [6.07, 6.45) is 5.58. The van der Waals surface area contributed by atoms with Crippen LogP contribution >= 0.6 is 23.4 Å². The number of halogens is 1. The number of hydrogen-bond acceptors (Lipinski definition) is 6. The fraction of sp³-hybridized carbons (Fsp3) is 0.250. The summed E-state index contributed by atoms with van der Waals surface area (Å²) in [5.41, 5.74) is 3.64. The van der Waals surface area contributed by atoms with E-state index in [9.17, 15) is 0 Å². The molecule has 27 heavy (non-hydrogen) atoms. The number of rotatable bonds is 8. The van der Waals surface area contributed by atoms with E-state index in [4.69, 9.17) is 16.3 Å². The normalized spacial score (nSPS) is 10.9. The van der Waals surface area contributed by atoms with Crippen molar-refractivity contribution in [1.29, 1.82) is 0 Å². The average molecular weight is 401 g/mol. The summed E-state index contributed by atoms with van der Waals surface area (Å²) < 4.78 is 5.78. The third-order valence-corrected chi connectivity index (χ3v) is 4.72. The second-order valence-electron chi connectivity index (χ2n) is 6.07. The van der Waals surface area contributed by atoms with Gasteiger partial charge in [0.25, 0.3) is 0 Å². The van der Waals surface area contributed by atoms with Crippen molar-refractivity contribution in [2.75, 3.05) is 12.9 Å². The van der Waals surface area contributed by atoms with Crippen LogP contribution in [0.15, 0.2) is 53.2 Å². The van der Waals surface area contributed by atoms with Crippen LogP contribution in [0.25, 0.3) is 10.9 Å². The zero-order chi connectivity index (χ0) is 19.2. The van der Waals surface area contributed by atoms with Crippen molar-refractivity contribution in [1.82, 2.24) is 20.3 Å². The number of pyridine rings is 1. The van der Waals surface area contributed by atoms with Gasteiger partial charge in [0.2, 0.25) is 5.88 Å². The third kappa shape index (κ3) is 5.42. The minimum absolute atomic E-state index is 0.221. The summed E-state index contributed by atoms with van der Waals surface area (Å²) in [5.74, 6) is 0.560. The Morgan fingerprint density at radius 3 is 2.78 bits per heavy atom. The number of benzene rings is 1. The summed E-state index contributed by atoms with van der Waals surface area (Å²) in [6.45, 7) is 7.02. The van der Waals surface area contributed by atoms with Gasteiger partial charge in [-0.05, 0) is 31.4 Å². The smallest absolute Gasteiger partial charge is 0.218 e. The van der Waals surface area contributed by atoms with Gasteiger partial charge in [0, 0.05) is 46.4 Å². The molecule has 3 rings (SSSR count). The predicted octanol–water partition coefficient (Wildman–Crippen LogP) is 4.48. The molecule has 0 aliphatic carbocycles. The van der Waals surface area contributed by atoms with Gasteiger partial charge in [0.15, 0.2) is 0 Å². The van der Waals surface area contributed by atoms with E-state index >= 15 is 0 Å². The number of hydrogen-bond donors (Lipinski definition) is 1. The quantitative estimate of drug-likeness (QED) is 0.562. The van der Waals surface area contributed by atoms with Gasteiger partial charge < -0.3 is 10.1 Å². The second kappa shape index (κ2) is 9.17. The molecule has 140 valence electrons. The molecule has 0 aliphatic heterocycles. The lowest BCUT2D eigenvalue weighted by molar-refractivity contribution is 0.341. The van der Waals surface area contributed by atoms with E-state index in [1.54, 1.807) is 24.2 Å². The van der Waals surface area contributed by atoms with Gasteiger partial charge in [-0.1, -0.05) is 24.2 Å². The molecule has 1 N–H and O–H groups in total. The molecule has 0 atom stereocenters. The number of thioether (sulfide) groups is 1. The number of aryl methyl sites for hydroxylation is 1. The van der Waals surface area contributed by atoms with Crippen LogP contribution in [-0.4, -0.2) is 27.8 Å². The average Bonchev–Trinajstić information content (AvgIpc) is 2.67. The van der Waals surface area contributed by atoms with E-state index in [1.165, 1.54) is 0 Å². The Bertz CT molecular complexity index is 947. The van der Waals surface area contributed by atoms with Crippen molar-refractivity contribution in [2.24, 2.45) is 0 Å². The molecule has 7 heteroatoms. The largest absolute Gasteiger partial charge is 0.472 e. The monoisotopic (exact) mass is 400 g/mol. The zero-order valence-electron chi connectivity index (χ0n) is 15.3. The van der Waals surface area contributed by atoms with Crippen molar-refractivity contribution in [3.63, 3.8) is 0 Å². The summed E-state index contributed by atoms with van der Waals surface area (Å²) in [5, 5.41) is 4.87. The molecule has 5 nitrogen and oxygen atoms in total. The first kappa shape index (κ1) is 19.6. The van der Waals surface area contributed by atoms with Crippen LogP contribution < -0.4 is 10.1 Å².